The van der Waals surface area contributed by atoms with Crippen LogP contribution < -0.4 is 5.32 Å². The van der Waals surface area contributed by atoms with Crippen LogP contribution in [0.3, 0.4) is 0 Å². The summed E-state index contributed by atoms with van der Waals surface area (Å²) in [7, 11) is -3.50. The molecule has 6 nitrogen and oxygen atoms in total. The number of carbonyl (C=O) groups is 1. The lowest BCUT2D eigenvalue weighted by Gasteiger charge is -2.29. The predicted molar refractivity (Wildman–Crippen MR) is 130 cm³/mol. The van der Waals surface area contributed by atoms with Crippen molar-refractivity contribution in [1.82, 2.24) is 9.29 Å². The van der Waals surface area contributed by atoms with Gasteiger partial charge in [0.1, 0.15) is 0 Å². The van der Waals surface area contributed by atoms with Gasteiger partial charge in [0, 0.05) is 41.0 Å². The van der Waals surface area contributed by atoms with Gasteiger partial charge in [0.05, 0.1) is 10.7 Å². The minimum absolute atomic E-state index is 0.0703. The largest absolute Gasteiger partial charge is 0.326 e. The fourth-order valence-electron chi connectivity index (χ4n) is 3.65. The van der Waals surface area contributed by atoms with E-state index < -0.39 is 10.0 Å². The third kappa shape index (κ3) is 5.51. The molecule has 0 atom stereocenters. The summed E-state index contributed by atoms with van der Waals surface area (Å²) in [6.45, 7) is 2.64. The number of hydrogen-bond acceptors (Lipinski definition) is 5. The number of aryl methyl sites for hydroxylation is 1. The van der Waals surface area contributed by atoms with Gasteiger partial charge in [0.25, 0.3) is 0 Å². The van der Waals surface area contributed by atoms with Gasteiger partial charge in [-0.25, -0.2) is 13.4 Å². The van der Waals surface area contributed by atoms with E-state index in [-0.39, 0.29) is 11.8 Å². The molecule has 4 rings (SSSR count). The molecule has 0 bridgehead atoms. The smallest absolute Gasteiger partial charge is 0.236 e. The van der Waals surface area contributed by atoms with Crippen LogP contribution in [0.15, 0.2) is 65.4 Å². The fourth-order valence-corrected chi connectivity index (χ4v) is 5.49. The average Bonchev–Trinajstić information content (AvgIpc) is 3.25. The van der Waals surface area contributed by atoms with Crippen LogP contribution in [0.25, 0.3) is 17.3 Å². The molecule has 1 aromatic heterocycles. The predicted octanol–water partition coefficient (Wildman–Crippen LogP) is 4.77. The summed E-state index contributed by atoms with van der Waals surface area (Å²) in [5, 5.41) is 7.23. The van der Waals surface area contributed by atoms with E-state index in [1.807, 2.05) is 66.9 Å². The molecule has 0 saturated carbocycles. The first kappa shape index (κ1) is 22.4. The van der Waals surface area contributed by atoms with Crippen LogP contribution in [0.2, 0.25) is 0 Å². The zero-order chi connectivity index (χ0) is 22.6. The second kappa shape index (κ2) is 9.77. The first-order valence-corrected chi connectivity index (χ1v) is 12.9. The SMILES string of the molecule is Cc1nc(-c2ccc(NC(=O)C3CCN(S(=O)(=O)/C=C/c4ccccc4)CC3)cc2)cs1. The Balaban J connectivity index is 1.31. The summed E-state index contributed by atoms with van der Waals surface area (Å²) in [6.07, 6.45) is 2.60. The number of benzene rings is 2. The van der Waals surface area contributed by atoms with Crippen molar-refractivity contribution >= 4 is 39.0 Å². The number of aromatic nitrogens is 1. The van der Waals surface area contributed by atoms with Crippen LogP contribution in [0, 0.1) is 12.8 Å². The highest BCUT2D eigenvalue weighted by molar-refractivity contribution is 7.92. The van der Waals surface area contributed by atoms with E-state index >= 15 is 0 Å². The lowest BCUT2D eigenvalue weighted by molar-refractivity contribution is -0.120. The van der Waals surface area contributed by atoms with Crippen molar-refractivity contribution in [3.63, 3.8) is 0 Å². The molecule has 0 aliphatic carbocycles. The summed E-state index contributed by atoms with van der Waals surface area (Å²) in [4.78, 5) is 17.2. The second-order valence-corrected chi connectivity index (χ2v) is 10.6. The molecule has 166 valence electrons. The van der Waals surface area contributed by atoms with Gasteiger partial charge in [-0.1, -0.05) is 42.5 Å². The Labute approximate surface area is 192 Å². The Morgan fingerprint density at radius 3 is 2.41 bits per heavy atom. The third-order valence-electron chi connectivity index (χ3n) is 5.48. The number of rotatable bonds is 6. The van der Waals surface area contributed by atoms with Gasteiger partial charge in [-0.05, 0) is 43.5 Å². The van der Waals surface area contributed by atoms with Crippen molar-refractivity contribution in [3.8, 4) is 11.3 Å². The normalized spacial score (nSPS) is 15.8. The molecule has 2 heterocycles. The minimum atomic E-state index is -3.50. The number of sulfonamides is 1. The molecule has 32 heavy (non-hydrogen) atoms. The Hall–Kier alpha value is -2.81. The standard InChI is InChI=1S/C24H25N3O3S2/c1-18-25-23(17-31-18)20-7-9-22(10-8-20)26-24(28)21-11-14-27(15-12-21)32(29,30)16-13-19-5-3-2-4-6-19/h2-10,13,16-17,21H,11-12,14-15H2,1H3,(H,26,28)/b16-13+. The quantitative estimate of drug-likeness (QED) is 0.566. The monoisotopic (exact) mass is 467 g/mol. The number of amides is 1. The van der Waals surface area contributed by atoms with E-state index in [0.29, 0.717) is 25.9 Å². The van der Waals surface area contributed by atoms with Crippen LogP contribution in [0.4, 0.5) is 5.69 Å². The lowest BCUT2D eigenvalue weighted by atomic mass is 9.97. The molecule has 1 N–H and O–H groups in total. The Kier molecular flexibility index (Phi) is 6.83. The maximum atomic E-state index is 12.7. The maximum absolute atomic E-state index is 12.7. The molecule has 1 saturated heterocycles. The van der Waals surface area contributed by atoms with Gasteiger partial charge < -0.3 is 5.32 Å². The van der Waals surface area contributed by atoms with Crippen LogP contribution >= 0.6 is 11.3 Å². The van der Waals surface area contributed by atoms with Crippen molar-refractivity contribution in [2.24, 2.45) is 5.92 Å². The molecular formula is C24H25N3O3S2. The second-order valence-electron chi connectivity index (χ2n) is 7.75. The minimum Gasteiger partial charge on any atom is -0.326 e. The maximum Gasteiger partial charge on any atom is 0.236 e. The third-order valence-corrected chi connectivity index (χ3v) is 7.82. The van der Waals surface area contributed by atoms with E-state index in [2.05, 4.69) is 10.3 Å². The Morgan fingerprint density at radius 2 is 1.78 bits per heavy atom. The molecule has 0 unspecified atom stereocenters. The molecule has 1 aliphatic heterocycles. The summed E-state index contributed by atoms with van der Waals surface area (Å²) in [6, 6.07) is 17.0. The van der Waals surface area contributed by atoms with Crippen LogP contribution in [0.5, 0.6) is 0 Å². The van der Waals surface area contributed by atoms with Gasteiger partial charge in [-0.3, -0.25) is 4.79 Å². The highest BCUT2D eigenvalue weighted by Crippen LogP contribution is 2.25. The van der Waals surface area contributed by atoms with Gasteiger partial charge in [0.2, 0.25) is 15.9 Å². The molecule has 0 spiro atoms. The summed E-state index contributed by atoms with van der Waals surface area (Å²) < 4.78 is 26.7. The van der Waals surface area contributed by atoms with E-state index in [1.165, 1.54) is 9.71 Å². The van der Waals surface area contributed by atoms with Crippen molar-refractivity contribution in [2.45, 2.75) is 19.8 Å². The fraction of sp³-hybridized carbons (Fsp3) is 0.250. The Morgan fingerprint density at radius 1 is 1.09 bits per heavy atom. The van der Waals surface area contributed by atoms with Crippen LogP contribution in [-0.4, -0.2) is 36.7 Å². The van der Waals surface area contributed by atoms with Gasteiger partial charge >= 0.3 is 0 Å². The van der Waals surface area contributed by atoms with Crippen molar-refractivity contribution < 1.29 is 13.2 Å². The lowest BCUT2D eigenvalue weighted by Crippen LogP contribution is -2.40. The average molecular weight is 468 g/mol. The van der Waals surface area contributed by atoms with Gasteiger partial charge in [-0.2, -0.15) is 4.31 Å². The zero-order valence-corrected chi connectivity index (χ0v) is 19.4. The van der Waals surface area contributed by atoms with Crippen molar-refractivity contribution in [1.29, 1.82) is 0 Å². The summed E-state index contributed by atoms with van der Waals surface area (Å²) in [5.74, 6) is -0.278. The number of hydrogen-bond donors (Lipinski definition) is 1. The molecule has 1 aliphatic rings. The van der Waals surface area contributed by atoms with Crippen LogP contribution in [-0.2, 0) is 14.8 Å². The first-order chi connectivity index (χ1) is 15.4. The molecule has 3 aromatic rings. The summed E-state index contributed by atoms with van der Waals surface area (Å²) in [5.41, 5.74) is 3.50. The molecule has 0 radical (unpaired) electrons. The van der Waals surface area contributed by atoms with Crippen molar-refractivity contribution in [3.05, 3.63) is 76.0 Å². The summed E-state index contributed by atoms with van der Waals surface area (Å²) >= 11 is 1.60. The highest BCUT2D eigenvalue weighted by atomic mass is 32.2. The van der Waals surface area contributed by atoms with Crippen molar-refractivity contribution in [2.75, 3.05) is 18.4 Å². The van der Waals surface area contributed by atoms with E-state index in [1.54, 1.807) is 17.4 Å². The topological polar surface area (TPSA) is 79.4 Å². The number of nitrogens with zero attached hydrogens (tertiary/aromatic N) is 2. The van der Waals surface area contributed by atoms with E-state index in [0.717, 1.165) is 27.5 Å². The molecule has 2 aromatic carbocycles. The molecule has 8 heteroatoms. The number of carbonyl (C=O) groups excluding carboxylic acids is 1. The number of piperidine rings is 1. The number of nitrogens with one attached hydrogen (secondary N) is 1. The number of anilines is 1. The molecular weight excluding hydrogens is 442 g/mol. The molecule has 1 fully saturated rings. The molecule has 1 amide bonds. The zero-order valence-electron chi connectivity index (χ0n) is 17.8. The Bertz CT molecular complexity index is 1190. The van der Waals surface area contributed by atoms with Gasteiger partial charge in [0.15, 0.2) is 0 Å². The number of thiazole rings is 1. The van der Waals surface area contributed by atoms with Gasteiger partial charge in [-0.15, -0.1) is 11.3 Å². The first-order valence-electron chi connectivity index (χ1n) is 10.5. The van der Waals surface area contributed by atoms with E-state index in [4.69, 9.17) is 0 Å². The highest BCUT2D eigenvalue weighted by Gasteiger charge is 2.30. The van der Waals surface area contributed by atoms with Crippen LogP contribution in [0.1, 0.15) is 23.4 Å². The van der Waals surface area contributed by atoms with E-state index in [9.17, 15) is 13.2 Å².